The van der Waals surface area contributed by atoms with Gasteiger partial charge in [0.05, 0.1) is 12.6 Å². The maximum atomic E-state index is 14.6. The highest BCUT2D eigenvalue weighted by Gasteiger charge is 2.27. The number of nitrogens with two attached hydrogens (primary N) is 2. The fourth-order valence-corrected chi connectivity index (χ4v) is 4.07. The molecule has 33 heavy (non-hydrogen) atoms. The molecule has 0 saturated carbocycles. The number of carbonyl (C=O) groups excluding carboxylic acids is 2. The molecule has 1 fully saturated rings. The van der Waals surface area contributed by atoms with E-state index < -0.39 is 11.7 Å². The quantitative estimate of drug-likeness (QED) is 0.649. The Morgan fingerprint density at radius 1 is 1.27 bits per heavy atom. The van der Waals surface area contributed by atoms with Gasteiger partial charge in [0.25, 0.3) is 11.8 Å². The molecule has 9 heteroatoms. The van der Waals surface area contributed by atoms with E-state index in [2.05, 4.69) is 16.9 Å². The summed E-state index contributed by atoms with van der Waals surface area (Å²) in [5.74, 6) is 4.10. The van der Waals surface area contributed by atoms with Crippen molar-refractivity contribution in [2.24, 2.45) is 5.73 Å². The van der Waals surface area contributed by atoms with E-state index in [1.807, 2.05) is 6.92 Å². The van der Waals surface area contributed by atoms with E-state index in [-0.39, 0.29) is 34.8 Å². The molecule has 3 rings (SSSR count). The molecule has 0 atom stereocenters. The number of likely N-dealkylation sites (tertiary alicyclic amines) is 1. The normalized spacial score (nSPS) is 14.7. The van der Waals surface area contributed by atoms with Gasteiger partial charge in [-0.1, -0.05) is 12.8 Å². The third-order valence-electron chi connectivity index (χ3n) is 5.66. The number of aromatic nitrogens is 2. The van der Waals surface area contributed by atoms with Gasteiger partial charge in [-0.25, -0.2) is 9.07 Å². The van der Waals surface area contributed by atoms with E-state index in [1.54, 1.807) is 22.6 Å². The molecule has 0 radical (unpaired) electrons. The predicted molar refractivity (Wildman–Crippen MR) is 124 cm³/mol. The van der Waals surface area contributed by atoms with Gasteiger partial charge >= 0.3 is 0 Å². The number of halogens is 1. The van der Waals surface area contributed by atoms with Gasteiger partial charge in [-0.15, -0.1) is 0 Å². The molecule has 1 aliphatic rings. The van der Waals surface area contributed by atoms with E-state index in [1.165, 1.54) is 12.1 Å². The van der Waals surface area contributed by atoms with Crippen LogP contribution in [0, 0.1) is 17.7 Å². The van der Waals surface area contributed by atoms with Gasteiger partial charge in [-0.05, 0) is 63.1 Å². The number of rotatable bonds is 6. The van der Waals surface area contributed by atoms with Gasteiger partial charge in [0, 0.05) is 18.7 Å². The maximum absolute atomic E-state index is 14.6. The SMILES string of the molecule is CC#CC(=O)N1CCCC(n2nc(-c3ccc(OCCC)c(F)c3)c(C(N)=O)c2N)CCC1. The van der Waals surface area contributed by atoms with Crippen LogP contribution in [0.25, 0.3) is 11.3 Å². The first kappa shape index (κ1) is 24.1. The maximum Gasteiger partial charge on any atom is 0.298 e. The molecule has 2 aromatic rings. The van der Waals surface area contributed by atoms with E-state index in [9.17, 15) is 14.0 Å². The zero-order chi connectivity index (χ0) is 24.0. The number of anilines is 1. The van der Waals surface area contributed by atoms with Crippen LogP contribution in [0.1, 0.15) is 62.4 Å². The number of nitrogens with zero attached hydrogens (tertiary/aromatic N) is 3. The summed E-state index contributed by atoms with van der Waals surface area (Å²) >= 11 is 0. The Balaban J connectivity index is 1.87. The van der Waals surface area contributed by atoms with Crippen molar-refractivity contribution < 1.29 is 18.7 Å². The summed E-state index contributed by atoms with van der Waals surface area (Å²) in [6.07, 6.45) is 3.66. The van der Waals surface area contributed by atoms with E-state index in [0.29, 0.717) is 38.1 Å². The fraction of sp³-hybridized carbons (Fsp3) is 0.458. The van der Waals surface area contributed by atoms with Crippen LogP contribution in [0.3, 0.4) is 0 Å². The van der Waals surface area contributed by atoms with E-state index in [4.69, 9.17) is 16.2 Å². The van der Waals surface area contributed by atoms with Gasteiger partial charge in [-0.3, -0.25) is 9.59 Å². The third kappa shape index (κ3) is 5.45. The average molecular weight is 456 g/mol. The molecular weight excluding hydrogens is 425 g/mol. The van der Waals surface area contributed by atoms with Gasteiger partial charge in [0.15, 0.2) is 11.6 Å². The van der Waals surface area contributed by atoms with Crippen molar-refractivity contribution in [1.82, 2.24) is 14.7 Å². The minimum Gasteiger partial charge on any atom is -0.491 e. The molecule has 8 nitrogen and oxygen atoms in total. The number of primary amides is 1. The summed E-state index contributed by atoms with van der Waals surface area (Å²) < 4.78 is 21.6. The van der Waals surface area contributed by atoms with Crippen molar-refractivity contribution in [2.45, 2.75) is 52.0 Å². The number of benzene rings is 1. The monoisotopic (exact) mass is 455 g/mol. The minimum atomic E-state index is -0.721. The number of hydrogen-bond acceptors (Lipinski definition) is 5. The summed E-state index contributed by atoms with van der Waals surface area (Å²) in [4.78, 5) is 26.1. The standard InChI is InChI=1S/C24H30FN5O3/c1-3-7-20(31)29-12-5-8-17(9-6-13-29)30-23(26)21(24(27)32)22(28-30)16-10-11-19(18(25)15-16)33-14-4-2/h10-11,15,17H,4-6,8-9,12-14,26H2,1-2H3,(H2,27,32). The lowest BCUT2D eigenvalue weighted by atomic mass is 10.0. The van der Waals surface area contributed by atoms with Crippen LogP contribution in [0.4, 0.5) is 10.2 Å². The second kappa shape index (κ2) is 10.9. The molecule has 4 N–H and O–H groups in total. The average Bonchev–Trinajstić information content (AvgIpc) is 3.10. The van der Waals surface area contributed by atoms with Gasteiger partial charge in [0.1, 0.15) is 17.1 Å². The first-order chi connectivity index (χ1) is 15.9. The number of hydrogen-bond donors (Lipinski definition) is 2. The molecule has 1 aromatic carbocycles. The van der Waals surface area contributed by atoms with Crippen LogP contribution >= 0.6 is 0 Å². The van der Waals surface area contributed by atoms with Gasteiger partial charge in [0.2, 0.25) is 0 Å². The van der Waals surface area contributed by atoms with Crippen molar-refractivity contribution >= 4 is 17.6 Å². The lowest BCUT2D eigenvalue weighted by Gasteiger charge is -2.27. The highest BCUT2D eigenvalue weighted by molar-refractivity contribution is 6.03. The predicted octanol–water partition coefficient (Wildman–Crippen LogP) is 3.13. The van der Waals surface area contributed by atoms with Crippen LogP contribution in [0.15, 0.2) is 18.2 Å². The lowest BCUT2D eigenvalue weighted by Crippen LogP contribution is -2.34. The highest BCUT2D eigenvalue weighted by atomic mass is 19.1. The Morgan fingerprint density at radius 3 is 2.55 bits per heavy atom. The largest absolute Gasteiger partial charge is 0.491 e. The molecule has 0 spiro atoms. The van der Waals surface area contributed by atoms with E-state index in [0.717, 1.165) is 19.3 Å². The van der Waals surface area contributed by atoms with Crippen LogP contribution in [-0.2, 0) is 4.79 Å². The van der Waals surface area contributed by atoms with Crippen LogP contribution in [0.5, 0.6) is 5.75 Å². The van der Waals surface area contributed by atoms with Crippen molar-refractivity contribution in [3.8, 4) is 28.8 Å². The van der Waals surface area contributed by atoms with Crippen molar-refractivity contribution in [3.05, 3.63) is 29.6 Å². The van der Waals surface area contributed by atoms with Gasteiger partial charge in [-0.2, -0.15) is 5.10 Å². The Bertz CT molecular complexity index is 1080. The Morgan fingerprint density at radius 2 is 1.97 bits per heavy atom. The van der Waals surface area contributed by atoms with Crippen molar-refractivity contribution in [3.63, 3.8) is 0 Å². The number of carbonyl (C=O) groups is 2. The van der Waals surface area contributed by atoms with Crippen LogP contribution in [-0.4, -0.2) is 46.2 Å². The second-order valence-corrected chi connectivity index (χ2v) is 8.02. The second-order valence-electron chi connectivity index (χ2n) is 8.02. The third-order valence-corrected chi connectivity index (χ3v) is 5.66. The smallest absolute Gasteiger partial charge is 0.298 e. The molecule has 1 saturated heterocycles. The Hall–Kier alpha value is -3.54. The summed E-state index contributed by atoms with van der Waals surface area (Å²) in [5.41, 5.74) is 12.7. The molecule has 2 amide bonds. The summed E-state index contributed by atoms with van der Waals surface area (Å²) in [6, 6.07) is 4.37. The Labute approximate surface area is 193 Å². The van der Waals surface area contributed by atoms with E-state index >= 15 is 0 Å². The summed E-state index contributed by atoms with van der Waals surface area (Å²) in [7, 11) is 0. The molecular formula is C24H30FN5O3. The molecule has 2 heterocycles. The zero-order valence-electron chi connectivity index (χ0n) is 19.1. The molecule has 0 bridgehead atoms. The van der Waals surface area contributed by atoms with Crippen LogP contribution < -0.4 is 16.2 Å². The number of nitrogen functional groups attached to an aromatic ring is 1. The summed E-state index contributed by atoms with van der Waals surface area (Å²) in [6.45, 7) is 5.16. The topological polar surface area (TPSA) is 116 Å². The highest BCUT2D eigenvalue weighted by Crippen LogP contribution is 2.34. The minimum absolute atomic E-state index is 0.0663. The molecule has 1 aliphatic heterocycles. The zero-order valence-corrected chi connectivity index (χ0v) is 19.1. The molecule has 0 aliphatic carbocycles. The number of ether oxygens (including phenoxy) is 1. The molecule has 1 aromatic heterocycles. The lowest BCUT2D eigenvalue weighted by molar-refractivity contribution is -0.125. The van der Waals surface area contributed by atoms with Crippen LogP contribution in [0.2, 0.25) is 0 Å². The summed E-state index contributed by atoms with van der Waals surface area (Å²) in [5, 5.41) is 4.59. The first-order valence-corrected chi connectivity index (χ1v) is 11.2. The van der Waals surface area contributed by atoms with Gasteiger partial charge < -0.3 is 21.1 Å². The first-order valence-electron chi connectivity index (χ1n) is 11.2. The molecule has 0 unspecified atom stereocenters. The number of amides is 2. The van der Waals surface area contributed by atoms with Crippen molar-refractivity contribution in [1.29, 1.82) is 0 Å². The Kier molecular flexibility index (Phi) is 7.93. The van der Waals surface area contributed by atoms with Crippen molar-refractivity contribution in [2.75, 3.05) is 25.4 Å². The molecule has 176 valence electrons. The fourth-order valence-electron chi connectivity index (χ4n) is 4.07.